The Bertz CT molecular complexity index is 1510. The molecule has 5 heteroatoms. The Morgan fingerprint density at radius 1 is 0.630 bits per heavy atom. The summed E-state index contributed by atoms with van der Waals surface area (Å²) in [7, 11) is 0. The van der Waals surface area contributed by atoms with E-state index in [1.165, 1.54) is 113 Å². The quantitative estimate of drug-likeness (QED) is 0.324. The summed E-state index contributed by atoms with van der Waals surface area (Å²) in [5.74, 6) is 6.14. The molecule has 0 radical (unpaired) electrons. The molecule has 240 valence electrons. The fraction of sp³-hybridized carbons (Fsp3) is 0.683. The second-order valence-electron chi connectivity index (χ2n) is 17.2. The first-order valence-electron chi connectivity index (χ1n) is 19.8. The molecule has 5 aliphatic carbocycles. The number of guanidine groups is 1. The molecule has 2 aromatic rings. The van der Waals surface area contributed by atoms with Gasteiger partial charge in [-0.1, -0.05) is 105 Å². The van der Waals surface area contributed by atoms with E-state index in [0.29, 0.717) is 48.9 Å². The number of benzene rings is 2. The maximum Gasteiger partial charge on any atom is 0.198 e. The minimum atomic E-state index is 0.456. The lowest BCUT2D eigenvalue weighted by atomic mass is 9.22. The molecule has 9 aliphatic rings. The monoisotopic (exact) mass is 613 g/mol. The van der Waals surface area contributed by atoms with Crippen molar-refractivity contribution in [3.8, 4) is 11.1 Å². The van der Waals surface area contributed by atoms with Crippen LogP contribution >= 0.6 is 0 Å². The first kappa shape index (κ1) is 27.7. The SMILES string of the molecule is c1ccc(-c2ccccc2B2C3CC4C(CC3N3C5=NC6CCCCC6N5C5CCCC6CCC2C3C65)OC2CCCCC24)cc1. The van der Waals surface area contributed by atoms with Gasteiger partial charge in [-0.3, -0.25) is 0 Å². The summed E-state index contributed by atoms with van der Waals surface area (Å²) in [4.78, 5) is 12.0. The van der Waals surface area contributed by atoms with Crippen LogP contribution in [0.3, 0.4) is 0 Å². The molecule has 0 spiro atoms. The van der Waals surface area contributed by atoms with E-state index in [9.17, 15) is 0 Å². The first-order valence-corrected chi connectivity index (χ1v) is 19.8. The van der Waals surface area contributed by atoms with Gasteiger partial charge in [-0.15, -0.1) is 0 Å². The third-order valence-electron chi connectivity index (χ3n) is 15.6. The van der Waals surface area contributed by atoms with Crippen molar-refractivity contribution < 1.29 is 4.74 Å². The molecular weight excluding hydrogens is 561 g/mol. The van der Waals surface area contributed by atoms with Crippen molar-refractivity contribution in [2.75, 3.05) is 0 Å². The molecule has 2 aromatic carbocycles. The van der Waals surface area contributed by atoms with Crippen LogP contribution in [0.2, 0.25) is 11.6 Å². The Balaban J connectivity index is 1.09. The number of hydrogen-bond donors (Lipinski definition) is 0. The highest BCUT2D eigenvalue weighted by molar-refractivity contribution is 6.77. The molecule has 46 heavy (non-hydrogen) atoms. The van der Waals surface area contributed by atoms with Crippen LogP contribution < -0.4 is 5.46 Å². The second kappa shape index (κ2) is 10.6. The van der Waals surface area contributed by atoms with E-state index in [0.717, 1.165) is 35.5 Å². The molecule has 8 fully saturated rings. The van der Waals surface area contributed by atoms with Crippen LogP contribution in [0.5, 0.6) is 0 Å². The highest BCUT2D eigenvalue weighted by atomic mass is 16.5. The lowest BCUT2D eigenvalue weighted by Gasteiger charge is -2.68. The van der Waals surface area contributed by atoms with Crippen LogP contribution in [-0.2, 0) is 4.74 Å². The Kier molecular flexibility index (Phi) is 6.38. The number of rotatable bonds is 2. The van der Waals surface area contributed by atoms with Crippen molar-refractivity contribution in [3.63, 3.8) is 0 Å². The average molecular weight is 614 g/mol. The van der Waals surface area contributed by atoms with E-state index in [1.54, 1.807) is 5.46 Å². The van der Waals surface area contributed by atoms with Gasteiger partial charge in [0.25, 0.3) is 0 Å². The predicted molar refractivity (Wildman–Crippen MR) is 187 cm³/mol. The first-order chi connectivity index (χ1) is 22.8. The molecule has 0 N–H and O–H groups in total. The summed E-state index contributed by atoms with van der Waals surface area (Å²) < 4.78 is 7.13. The van der Waals surface area contributed by atoms with E-state index >= 15 is 0 Å². The van der Waals surface area contributed by atoms with Crippen LogP contribution in [-0.4, -0.2) is 64.9 Å². The van der Waals surface area contributed by atoms with Gasteiger partial charge >= 0.3 is 0 Å². The average Bonchev–Trinajstić information content (AvgIpc) is 3.68. The van der Waals surface area contributed by atoms with Gasteiger partial charge in [-0.25, -0.2) is 4.99 Å². The van der Waals surface area contributed by atoms with Crippen molar-refractivity contribution in [1.29, 1.82) is 0 Å². The Labute approximate surface area is 276 Å². The number of nitrogens with zero attached hydrogens (tertiary/aromatic N) is 3. The van der Waals surface area contributed by atoms with Crippen LogP contribution in [0, 0.1) is 23.7 Å². The maximum absolute atomic E-state index is 7.13. The number of ether oxygens (including phenoxy) is 1. The zero-order valence-electron chi connectivity index (χ0n) is 27.6. The summed E-state index contributed by atoms with van der Waals surface area (Å²) in [5.41, 5.74) is 4.58. The topological polar surface area (TPSA) is 28.1 Å². The largest absolute Gasteiger partial charge is 0.374 e. The summed E-state index contributed by atoms with van der Waals surface area (Å²) in [6.45, 7) is 0.630. The van der Waals surface area contributed by atoms with Crippen LogP contribution in [0.4, 0.5) is 0 Å². The van der Waals surface area contributed by atoms with E-state index in [2.05, 4.69) is 64.4 Å². The van der Waals surface area contributed by atoms with Crippen LogP contribution in [0.25, 0.3) is 11.1 Å². The summed E-state index contributed by atoms with van der Waals surface area (Å²) >= 11 is 0. The lowest BCUT2D eigenvalue weighted by molar-refractivity contribution is -0.0711. The summed E-state index contributed by atoms with van der Waals surface area (Å²) in [5, 5.41) is 0. The van der Waals surface area contributed by atoms with Crippen molar-refractivity contribution in [2.24, 2.45) is 28.7 Å². The Morgan fingerprint density at radius 3 is 2.41 bits per heavy atom. The van der Waals surface area contributed by atoms with Crippen molar-refractivity contribution in [2.45, 2.75) is 150 Å². The van der Waals surface area contributed by atoms with Gasteiger partial charge in [-0.2, -0.15) is 0 Å². The van der Waals surface area contributed by atoms with Crippen molar-refractivity contribution in [1.82, 2.24) is 9.80 Å². The Morgan fingerprint density at radius 2 is 1.46 bits per heavy atom. The number of fused-ring (bicyclic) bond motifs is 10. The van der Waals surface area contributed by atoms with Gasteiger partial charge in [0.1, 0.15) is 0 Å². The highest BCUT2D eigenvalue weighted by Gasteiger charge is 2.66. The number of hydrogen-bond acceptors (Lipinski definition) is 4. The maximum atomic E-state index is 7.13. The van der Waals surface area contributed by atoms with Gasteiger partial charge in [-0.05, 0) is 91.9 Å². The Hall–Kier alpha value is -2.27. The molecule has 13 atom stereocenters. The fourth-order valence-electron chi connectivity index (χ4n) is 14.1. The second-order valence-corrected chi connectivity index (χ2v) is 17.2. The molecule has 4 nitrogen and oxygen atoms in total. The molecule has 0 bridgehead atoms. The van der Waals surface area contributed by atoms with Gasteiger partial charge in [0.05, 0.1) is 24.3 Å². The molecule has 0 aromatic heterocycles. The van der Waals surface area contributed by atoms with E-state index < -0.39 is 0 Å². The van der Waals surface area contributed by atoms with Crippen LogP contribution in [0.15, 0.2) is 59.6 Å². The molecule has 4 aliphatic heterocycles. The van der Waals surface area contributed by atoms with Gasteiger partial charge in [0.2, 0.25) is 0 Å². The normalized spacial score (nSPS) is 45.1. The third-order valence-corrected chi connectivity index (χ3v) is 15.6. The highest BCUT2D eigenvalue weighted by Crippen LogP contribution is 2.62. The van der Waals surface area contributed by atoms with Crippen molar-refractivity contribution in [3.05, 3.63) is 54.6 Å². The van der Waals surface area contributed by atoms with Crippen molar-refractivity contribution >= 4 is 18.1 Å². The molecule has 11 rings (SSSR count). The molecular formula is C41H52BN3O. The number of aliphatic imine (C=N–C) groups is 1. The molecule has 4 heterocycles. The van der Waals surface area contributed by atoms with Gasteiger partial charge in [0, 0.05) is 24.0 Å². The smallest absolute Gasteiger partial charge is 0.198 e. The van der Waals surface area contributed by atoms with Gasteiger partial charge < -0.3 is 14.5 Å². The van der Waals surface area contributed by atoms with E-state index in [-0.39, 0.29) is 0 Å². The fourth-order valence-corrected chi connectivity index (χ4v) is 14.1. The van der Waals surface area contributed by atoms with E-state index in [1.807, 2.05) is 0 Å². The molecule has 3 saturated heterocycles. The zero-order chi connectivity index (χ0) is 29.9. The molecule has 13 unspecified atom stereocenters. The standard InChI is InChI=1S/C41H52BN3O/c1-2-11-25(12-3-1)27-14-4-6-16-30(27)42-31-22-21-26-13-10-19-35-39(26)40(31)45(41-43-33-17-7-8-18-34(33)44(35)41)36-24-38-29(23-32(36)42)28-15-5-9-20-37(28)46-38/h1-4,6,11-12,14,16,26,28-29,31-40H,5,7-10,13,15,17-24H2. The lowest BCUT2D eigenvalue weighted by Crippen LogP contribution is -2.76. The molecule has 5 saturated carbocycles. The minimum absolute atomic E-state index is 0.456. The molecule has 0 amide bonds. The third kappa shape index (κ3) is 3.87. The zero-order valence-corrected chi connectivity index (χ0v) is 27.6. The van der Waals surface area contributed by atoms with Gasteiger partial charge in [0.15, 0.2) is 12.7 Å². The van der Waals surface area contributed by atoms with Crippen LogP contribution in [0.1, 0.15) is 96.3 Å². The van der Waals surface area contributed by atoms with E-state index in [4.69, 9.17) is 9.73 Å². The minimum Gasteiger partial charge on any atom is -0.374 e. The predicted octanol–water partition coefficient (Wildman–Crippen LogP) is 7.79. The summed E-state index contributed by atoms with van der Waals surface area (Å²) in [6.07, 6.45) is 21.7. The summed E-state index contributed by atoms with van der Waals surface area (Å²) in [6, 6.07) is 24.2.